The first kappa shape index (κ1) is 17.2. The maximum atomic E-state index is 12.9. The molecule has 3 heteroatoms. The number of hydrogen-bond donors (Lipinski definition) is 0. The summed E-state index contributed by atoms with van der Waals surface area (Å²) in [6.07, 6.45) is 3.54. The number of unbranched alkanes of at least 4 members (excludes halogenated alkanes) is 1. The lowest BCUT2D eigenvalue weighted by Crippen LogP contribution is -2.41. The highest BCUT2D eigenvalue weighted by molar-refractivity contribution is 6.14. The largest absolute Gasteiger partial charge is 0.299 e. The Balaban J connectivity index is 1.96. The summed E-state index contributed by atoms with van der Waals surface area (Å²) in [5, 5.41) is 0. The van der Waals surface area contributed by atoms with E-state index in [0.717, 1.165) is 30.4 Å². The number of ketones is 1. The number of benzene rings is 2. The lowest BCUT2D eigenvalue weighted by atomic mass is 9.78. The lowest BCUT2D eigenvalue weighted by Gasteiger charge is -2.42. The van der Waals surface area contributed by atoms with Crippen molar-refractivity contribution >= 4 is 17.6 Å². The van der Waals surface area contributed by atoms with Crippen molar-refractivity contribution in [2.75, 3.05) is 0 Å². The van der Waals surface area contributed by atoms with E-state index in [1.807, 2.05) is 40.8 Å². The van der Waals surface area contributed by atoms with Gasteiger partial charge in [-0.15, -0.1) is 0 Å². The predicted octanol–water partition coefficient (Wildman–Crippen LogP) is 5.70. The second-order valence-corrected chi connectivity index (χ2v) is 6.94. The molecule has 2 aromatic carbocycles. The Kier molecular flexibility index (Phi) is 5.70. The first-order valence-electron chi connectivity index (χ1n) is 8.79. The van der Waals surface area contributed by atoms with Gasteiger partial charge in [0.05, 0.1) is 12.1 Å². The standard InChI is InChI=1S/C21H24ClNO/c1-2-3-14-18-20(24)15-19(16-10-6-4-7-11-16)23(22)21(18)17-12-8-5-9-13-17/h4-13,18-19,21H,2-3,14-15H2,1H3. The number of hydrogen-bond acceptors (Lipinski definition) is 2. The summed E-state index contributed by atoms with van der Waals surface area (Å²) in [4.78, 5) is 12.9. The van der Waals surface area contributed by atoms with Gasteiger partial charge in [-0.05, 0) is 29.3 Å². The summed E-state index contributed by atoms with van der Waals surface area (Å²) >= 11 is 6.84. The van der Waals surface area contributed by atoms with Crippen molar-refractivity contribution in [2.45, 2.75) is 44.7 Å². The first-order valence-corrected chi connectivity index (χ1v) is 9.13. The van der Waals surface area contributed by atoms with Crippen LogP contribution in [0.25, 0.3) is 0 Å². The zero-order valence-corrected chi connectivity index (χ0v) is 14.8. The zero-order valence-electron chi connectivity index (χ0n) is 14.1. The summed E-state index contributed by atoms with van der Waals surface area (Å²) in [5.74, 6) is 0.313. The second kappa shape index (κ2) is 7.96. The Labute approximate surface area is 149 Å². The third-order valence-corrected chi connectivity index (χ3v) is 5.39. The van der Waals surface area contributed by atoms with E-state index in [1.54, 1.807) is 0 Å². The number of halogens is 1. The lowest BCUT2D eigenvalue weighted by molar-refractivity contribution is -0.129. The second-order valence-electron chi connectivity index (χ2n) is 6.55. The molecule has 3 unspecified atom stereocenters. The Bertz CT molecular complexity index is 658. The van der Waals surface area contributed by atoms with Crippen LogP contribution in [0, 0.1) is 5.92 Å². The third-order valence-electron chi connectivity index (χ3n) is 4.95. The molecule has 1 aliphatic heterocycles. The van der Waals surface area contributed by atoms with E-state index in [2.05, 4.69) is 31.2 Å². The van der Waals surface area contributed by atoms with Gasteiger partial charge in [-0.25, -0.2) is 4.42 Å². The van der Waals surface area contributed by atoms with Gasteiger partial charge < -0.3 is 0 Å². The fourth-order valence-electron chi connectivity index (χ4n) is 3.67. The highest BCUT2D eigenvalue weighted by Gasteiger charge is 2.42. The molecule has 1 aliphatic rings. The fourth-order valence-corrected chi connectivity index (χ4v) is 4.10. The van der Waals surface area contributed by atoms with Crippen LogP contribution < -0.4 is 0 Å². The van der Waals surface area contributed by atoms with Gasteiger partial charge in [-0.2, -0.15) is 0 Å². The van der Waals surface area contributed by atoms with E-state index in [-0.39, 0.29) is 18.0 Å². The molecule has 24 heavy (non-hydrogen) atoms. The van der Waals surface area contributed by atoms with Gasteiger partial charge in [-0.1, -0.05) is 80.4 Å². The van der Waals surface area contributed by atoms with Gasteiger partial charge in [0.1, 0.15) is 5.78 Å². The molecule has 0 bridgehead atoms. The molecule has 1 fully saturated rings. The van der Waals surface area contributed by atoms with E-state index in [4.69, 9.17) is 11.8 Å². The molecule has 0 radical (unpaired) electrons. The average molecular weight is 342 g/mol. The molecule has 0 saturated carbocycles. The molecule has 2 nitrogen and oxygen atoms in total. The van der Waals surface area contributed by atoms with Gasteiger partial charge in [0.25, 0.3) is 0 Å². The maximum Gasteiger partial charge on any atom is 0.139 e. The van der Waals surface area contributed by atoms with Crippen molar-refractivity contribution in [2.24, 2.45) is 5.92 Å². The molecule has 0 aliphatic carbocycles. The Morgan fingerprint density at radius 2 is 1.58 bits per heavy atom. The maximum absolute atomic E-state index is 12.9. The summed E-state index contributed by atoms with van der Waals surface area (Å²) in [7, 11) is 0. The van der Waals surface area contributed by atoms with E-state index in [1.165, 1.54) is 0 Å². The molecule has 126 valence electrons. The number of carbonyl (C=O) groups excluding carboxylic acids is 1. The van der Waals surface area contributed by atoms with Crippen LogP contribution in [0.4, 0.5) is 0 Å². The van der Waals surface area contributed by atoms with Crippen molar-refractivity contribution in [1.29, 1.82) is 0 Å². The summed E-state index contributed by atoms with van der Waals surface area (Å²) < 4.78 is 1.90. The van der Waals surface area contributed by atoms with Crippen molar-refractivity contribution in [3.63, 3.8) is 0 Å². The Hall–Kier alpha value is -1.64. The minimum atomic E-state index is -0.0663. The normalized spacial score (nSPS) is 24.9. The molecule has 3 atom stereocenters. The van der Waals surface area contributed by atoms with Crippen LogP contribution >= 0.6 is 11.8 Å². The highest BCUT2D eigenvalue weighted by Crippen LogP contribution is 2.46. The van der Waals surface area contributed by atoms with Gasteiger partial charge >= 0.3 is 0 Å². The van der Waals surface area contributed by atoms with Crippen LogP contribution in [0.3, 0.4) is 0 Å². The monoisotopic (exact) mass is 341 g/mol. The van der Waals surface area contributed by atoms with Crippen molar-refractivity contribution in [3.05, 3.63) is 71.8 Å². The van der Waals surface area contributed by atoms with Gasteiger partial charge in [-0.3, -0.25) is 4.79 Å². The summed E-state index contributed by atoms with van der Waals surface area (Å²) in [6, 6.07) is 20.2. The number of nitrogens with zero attached hydrogens (tertiary/aromatic N) is 1. The SMILES string of the molecule is CCCCC1C(=O)CC(c2ccccc2)N(Cl)C1c1ccccc1. The summed E-state index contributed by atoms with van der Waals surface area (Å²) in [5.41, 5.74) is 2.23. The van der Waals surface area contributed by atoms with E-state index in [9.17, 15) is 4.79 Å². The molecule has 2 aromatic rings. The van der Waals surface area contributed by atoms with Crippen LogP contribution in [-0.2, 0) is 4.79 Å². The fraction of sp³-hybridized carbons (Fsp3) is 0.381. The van der Waals surface area contributed by atoms with E-state index >= 15 is 0 Å². The Morgan fingerprint density at radius 3 is 2.17 bits per heavy atom. The van der Waals surface area contributed by atoms with Crippen LogP contribution in [0.1, 0.15) is 55.8 Å². The number of Topliss-reactive ketones (excluding diaryl/α,β-unsaturated/α-hetero) is 1. The molecule has 1 heterocycles. The molecule has 1 saturated heterocycles. The molecular weight excluding hydrogens is 318 g/mol. The molecule has 3 rings (SSSR count). The number of piperidine rings is 1. The molecule has 0 aromatic heterocycles. The molecule has 0 N–H and O–H groups in total. The smallest absolute Gasteiger partial charge is 0.139 e. The minimum absolute atomic E-state index is 0.0233. The van der Waals surface area contributed by atoms with E-state index in [0.29, 0.717) is 12.2 Å². The van der Waals surface area contributed by atoms with Crippen LogP contribution in [0.15, 0.2) is 60.7 Å². The molecule has 0 amide bonds. The average Bonchev–Trinajstić information content (AvgIpc) is 2.63. The summed E-state index contributed by atoms with van der Waals surface area (Å²) in [6.45, 7) is 2.16. The van der Waals surface area contributed by atoms with Crippen LogP contribution in [0.5, 0.6) is 0 Å². The van der Waals surface area contributed by atoms with Crippen molar-refractivity contribution in [3.8, 4) is 0 Å². The Morgan fingerprint density at radius 1 is 1.00 bits per heavy atom. The minimum Gasteiger partial charge on any atom is -0.299 e. The quantitative estimate of drug-likeness (QED) is 0.650. The van der Waals surface area contributed by atoms with Gasteiger partial charge in [0.15, 0.2) is 0 Å². The highest BCUT2D eigenvalue weighted by atomic mass is 35.5. The predicted molar refractivity (Wildman–Crippen MR) is 98.7 cm³/mol. The number of carbonyl (C=O) groups is 1. The van der Waals surface area contributed by atoms with Gasteiger partial charge in [0.2, 0.25) is 0 Å². The molecule has 0 spiro atoms. The van der Waals surface area contributed by atoms with Crippen LogP contribution in [0.2, 0.25) is 0 Å². The van der Waals surface area contributed by atoms with Crippen LogP contribution in [-0.4, -0.2) is 10.2 Å². The number of rotatable bonds is 5. The topological polar surface area (TPSA) is 20.3 Å². The van der Waals surface area contributed by atoms with Gasteiger partial charge in [0, 0.05) is 12.3 Å². The molecular formula is C21H24ClNO. The zero-order chi connectivity index (χ0) is 16.9. The van der Waals surface area contributed by atoms with Crippen molar-refractivity contribution < 1.29 is 4.79 Å². The van der Waals surface area contributed by atoms with E-state index < -0.39 is 0 Å². The van der Waals surface area contributed by atoms with Crippen molar-refractivity contribution in [1.82, 2.24) is 4.42 Å². The first-order chi connectivity index (χ1) is 11.7. The third kappa shape index (κ3) is 3.55.